The fourth-order valence-electron chi connectivity index (χ4n) is 5.13. The van der Waals surface area contributed by atoms with Crippen molar-refractivity contribution in [2.75, 3.05) is 0 Å². The molecule has 0 spiro atoms. The third kappa shape index (κ3) is 2.14. The molecule has 0 heteroatoms. The molecule has 0 saturated heterocycles. The van der Waals surface area contributed by atoms with Crippen LogP contribution < -0.4 is 0 Å². The van der Waals surface area contributed by atoms with Gasteiger partial charge in [0.05, 0.1) is 5.41 Å². The van der Waals surface area contributed by atoms with E-state index in [1.165, 1.54) is 44.2 Å². The molecular weight excluding hydrogens is 348 g/mol. The van der Waals surface area contributed by atoms with Gasteiger partial charge in [0.25, 0.3) is 0 Å². The van der Waals surface area contributed by atoms with E-state index in [2.05, 4.69) is 115 Å². The SMILES string of the molecule is [c]1cccc2c1-c1ccc3ccccc3c1C2(c1ccccc1)c1ccccc1. The first-order valence-corrected chi connectivity index (χ1v) is 10.1. The van der Waals surface area contributed by atoms with Gasteiger partial charge in [-0.1, -0.05) is 115 Å². The molecule has 135 valence electrons. The maximum absolute atomic E-state index is 3.56. The molecule has 0 atom stereocenters. The summed E-state index contributed by atoms with van der Waals surface area (Å²) < 4.78 is 0. The zero-order valence-corrected chi connectivity index (χ0v) is 16.0. The van der Waals surface area contributed by atoms with E-state index in [0.29, 0.717) is 0 Å². The predicted octanol–water partition coefficient (Wildman–Crippen LogP) is 7.00. The number of hydrogen-bond acceptors (Lipinski definition) is 0. The normalized spacial score (nSPS) is 13.8. The maximum Gasteiger partial charge on any atom is 0.0719 e. The largest absolute Gasteiger partial charge is 0.0719 e. The third-order valence-electron chi connectivity index (χ3n) is 6.25. The molecule has 1 radical (unpaired) electrons. The Bertz CT molecular complexity index is 1290. The summed E-state index contributed by atoms with van der Waals surface area (Å²) in [5.41, 5.74) is 7.40. The molecule has 1 aliphatic rings. The van der Waals surface area contributed by atoms with Crippen molar-refractivity contribution in [1.82, 2.24) is 0 Å². The van der Waals surface area contributed by atoms with Gasteiger partial charge in [0, 0.05) is 0 Å². The average molecular weight is 367 g/mol. The number of benzene rings is 5. The monoisotopic (exact) mass is 367 g/mol. The Morgan fingerprint density at radius 1 is 0.552 bits per heavy atom. The molecule has 0 aliphatic heterocycles. The summed E-state index contributed by atoms with van der Waals surface area (Å²) in [6.07, 6.45) is 0. The summed E-state index contributed by atoms with van der Waals surface area (Å²) in [5.74, 6) is 0. The molecule has 0 saturated carbocycles. The van der Waals surface area contributed by atoms with Gasteiger partial charge in [0.1, 0.15) is 0 Å². The Labute approximate surface area is 171 Å². The molecule has 0 aromatic heterocycles. The first kappa shape index (κ1) is 16.3. The Morgan fingerprint density at radius 2 is 1.21 bits per heavy atom. The summed E-state index contributed by atoms with van der Waals surface area (Å²) >= 11 is 0. The number of hydrogen-bond donors (Lipinski definition) is 0. The van der Waals surface area contributed by atoms with Crippen LogP contribution in [0.2, 0.25) is 0 Å². The van der Waals surface area contributed by atoms with E-state index in [1.54, 1.807) is 0 Å². The Balaban J connectivity index is 1.88. The van der Waals surface area contributed by atoms with Crippen LogP contribution in [-0.4, -0.2) is 0 Å². The number of fused-ring (bicyclic) bond motifs is 5. The van der Waals surface area contributed by atoms with E-state index in [1.807, 2.05) is 6.07 Å². The van der Waals surface area contributed by atoms with Crippen LogP contribution in [0.25, 0.3) is 21.9 Å². The predicted molar refractivity (Wildman–Crippen MR) is 120 cm³/mol. The number of rotatable bonds is 2. The van der Waals surface area contributed by atoms with E-state index < -0.39 is 0 Å². The Morgan fingerprint density at radius 3 is 1.93 bits per heavy atom. The van der Waals surface area contributed by atoms with Gasteiger partial charge in [-0.3, -0.25) is 0 Å². The molecule has 5 aromatic carbocycles. The fraction of sp³-hybridized carbons (Fsp3) is 0.0345. The second kappa shape index (κ2) is 6.18. The molecular formula is C29H19. The van der Waals surface area contributed by atoms with Crippen LogP contribution in [0.4, 0.5) is 0 Å². The van der Waals surface area contributed by atoms with Crippen molar-refractivity contribution in [3.8, 4) is 11.1 Å². The standard InChI is InChI=1S/C29H19/c1-3-12-22(13-4-1)29(23-14-5-2-6-15-23)27-18-10-9-17-25(27)26-20-19-21-11-7-8-16-24(21)28(26)29/h1-16,18-20H. The van der Waals surface area contributed by atoms with Crippen LogP contribution in [0.3, 0.4) is 0 Å². The van der Waals surface area contributed by atoms with Gasteiger partial charge in [0.2, 0.25) is 0 Å². The summed E-state index contributed by atoms with van der Waals surface area (Å²) in [7, 11) is 0. The van der Waals surface area contributed by atoms with Crippen LogP contribution in [0, 0.1) is 6.07 Å². The molecule has 0 N–H and O–H groups in total. The minimum atomic E-state index is -0.355. The Kier molecular flexibility index (Phi) is 3.48. The average Bonchev–Trinajstić information content (AvgIpc) is 3.12. The summed E-state index contributed by atoms with van der Waals surface area (Å²) in [4.78, 5) is 0. The molecule has 0 heterocycles. The minimum Gasteiger partial charge on any atom is -0.0622 e. The van der Waals surface area contributed by atoms with Crippen LogP contribution in [0.15, 0.2) is 115 Å². The van der Waals surface area contributed by atoms with Crippen molar-refractivity contribution in [3.05, 3.63) is 144 Å². The lowest BCUT2D eigenvalue weighted by Crippen LogP contribution is -2.28. The molecule has 6 rings (SSSR count). The molecule has 29 heavy (non-hydrogen) atoms. The fourth-order valence-corrected chi connectivity index (χ4v) is 5.13. The van der Waals surface area contributed by atoms with Crippen molar-refractivity contribution in [1.29, 1.82) is 0 Å². The summed E-state index contributed by atoms with van der Waals surface area (Å²) in [6, 6.07) is 45.1. The summed E-state index contributed by atoms with van der Waals surface area (Å²) in [6.45, 7) is 0. The second-order valence-electron chi connectivity index (χ2n) is 7.65. The zero-order chi connectivity index (χ0) is 19.3. The maximum atomic E-state index is 3.56. The van der Waals surface area contributed by atoms with E-state index in [-0.39, 0.29) is 5.41 Å². The van der Waals surface area contributed by atoms with E-state index >= 15 is 0 Å². The molecule has 0 amide bonds. The van der Waals surface area contributed by atoms with Gasteiger partial charge >= 0.3 is 0 Å². The van der Waals surface area contributed by atoms with Gasteiger partial charge in [-0.2, -0.15) is 0 Å². The smallest absolute Gasteiger partial charge is 0.0622 e. The van der Waals surface area contributed by atoms with E-state index in [0.717, 1.165) is 0 Å². The first-order chi connectivity index (χ1) is 14.4. The van der Waals surface area contributed by atoms with Crippen molar-refractivity contribution in [2.45, 2.75) is 5.41 Å². The highest BCUT2D eigenvalue weighted by molar-refractivity contribution is 5.99. The van der Waals surface area contributed by atoms with Crippen molar-refractivity contribution in [3.63, 3.8) is 0 Å². The lowest BCUT2D eigenvalue weighted by Gasteiger charge is -2.34. The molecule has 0 fully saturated rings. The molecule has 0 nitrogen and oxygen atoms in total. The van der Waals surface area contributed by atoms with Gasteiger partial charge in [-0.05, 0) is 50.2 Å². The highest BCUT2D eigenvalue weighted by Crippen LogP contribution is 2.57. The summed E-state index contributed by atoms with van der Waals surface area (Å²) in [5, 5.41) is 2.58. The molecule has 0 bridgehead atoms. The molecule has 1 aliphatic carbocycles. The highest BCUT2D eigenvalue weighted by Gasteiger charge is 2.46. The topological polar surface area (TPSA) is 0 Å². The Hall–Kier alpha value is -3.64. The van der Waals surface area contributed by atoms with Gasteiger partial charge in [-0.25, -0.2) is 0 Å². The van der Waals surface area contributed by atoms with Crippen molar-refractivity contribution in [2.24, 2.45) is 0 Å². The van der Waals surface area contributed by atoms with E-state index in [9.17, 15) is 0 Å². The van der Waals surface area contributed by atoms with Gasteiger partial charge in [-0.15, -0.1) is 0 Å². The highest BCUT2D eigenvalue weighted by atomic mass is 14.5. The van der Waals surface area contributed by atoms with Crippen LogP contribution >= 0.6 is 0 Å². The molecule has 5 aromatic rings. The first-order valence-electron chi connectivity index (χ1n) is 10.1. The third-order valence-corrected chi connectivity index (χ3v) is 6.25. The van der Waals surface area contributed by atoms with Crippen LogP contribution in [-0.2, 0) is 5.41 Å². The van der Waals surface area contributed by atoms with Gasteiger partial charge in [0.15, 0.2) is 0 Å². The van der Waals surface area contributed by atoms with Gasteiger partial charge < -0.3 is 0 Å². The molecule has 0 unspecified atom stereocenters. The zero-order valence-electron chi connectivity index (χ0n) is 16.0. The lowest BCUT2D eigenvalue weighted by molar-refractivity contribution is 0.775. The van der Waals surface area contributed by atoms with Crippen LogP contribution in [0.1, 0.15) is 22.3 Å². The minimum absolute atomic E-state index is 0.355. The second-order valence-corrected chi connectivity index (χ2v) is 7.65. The quantitative estimate of drug-likeness (QED) is 0.309. The lowest BCUT2D eigenvalue weighted by atomic mass is 9.67. The van der Waals surface area contributed by atoms with E-state index in [4.69, 9.17) is 0 Å². The van der Waals surface area contributed by atoms with Crippen molar-refractivity contribution < 1.29 is 0 Å². The van der Waals surface area contributed by atoms with Crippen molar-refractivity contribution >= 4 is 10.8 Å². The van der Waals surface area contributed by atoms with Crippen LogP contribution in [0.5, 0.6) is 0 Å².